The van der Waals surface area contributed by atoms with E-state index in [1.165, 1.54) is 0 Å². The molecule has 1 aliphatic rings. The Morgan fingerprint density at radius 3 is 2.52 bits per heavy atom. The van der Waals surface area contributed by atoms with Crippen molar-refractivity contribution < 1.29 is 9.90 Å². The summed E-state index contributed by atoms with van der Waals surface area (Å²) >= 11 is 5.94. The van der Waals surface area contributed by atoms with E-state index in [-0.39, 0.29) is 24.1 Å². The summed E-state index contributed by atoms with van der Waals surface area (Å²) in [7, 11) is 0. The Bertz CT molecular complexity index is 690. The minimum absolute atomic E-state index is 0.0938. The lowest BCUT2D eigenvalue weighted by molar-refractivity contribution is 0.0994. The zero-order chi connectivity index (χ0) is 16.4. The number of carbonyl (C=O) groups is 1. The first kappa shape index (κ1) is 15.7. The maximum Gasteiger partial charge on any atom is 0.269 e. The molecule has 7 heteroatoms. The van der Waals surface area contributed by atoms with Crippen LogP contribution in [-0.2, 0) is 0 Å². The molecular formula is C16H17ClN4O2. The summed E-state index contributed by atoms with van der Waals surface area (Å²) in [5.74, 6) is 0.367. The number of aromatic nitrogens is 2. The summed E-state index contributed by atoms with van der Waals surface area (Å²) < 4.78 is 0. The summed E-state index contributed by atoms with van der Waals surface area (Å²) in [5.41, 5.74) is 6.45. The molecule has 6 nitrogen and oxygen atoms in total. The summed E-state index contributed by atoms with van der Waals surface area (Å²) in [6.07, 6.45) is 0. The number of hydrogen-bond donors (Lipinski definition) is 2. The van der Waals surface area contributed by atoms with Gasteiger partial charge in [0, 0.05) is 36.6 Å². The van der Waals surface area contributed by atoms with Crippen molar-refractivity contribution in [1.82, 2.24) is 10.2 Å². The number of benzene rings is 1. The van der Waals surface area contributed by atoms with E-state index in [9.17, 15) is 9.90 Å². The van der Waals surface area contributed by atoms with Gasteiger partial charge in [-0.1, -0.05) is 23.7 Å². The molecule has 23 heavy (non-hydrogen) atoms. The van der Waals surface area contributed by atoms with Crippen molar-refractivity contribution in [2.24, 2.45) is 11.7 Å². The normalized spacial score (nSPS) is 20.7. The van der Waals surface area contributed by atoms with Gasteiger partial charge < -0.3 is 15.7 Å². The molecule has 1 aromatic carbocycles. The highest BCUT2D eigenvalue weighted by molar-refractivity contribution is 6.30. The van der Waals surface area contributed by atoms with Gasteiger partial charge in [-0.05, 0) is 29.8 Å². The van der Waals surface area contributed by atoms with Gasteiger partial charge in [-0.2, -0.15) is 0 Å². The minimum Gasteiger partial charge on any atom is -0.396 e. The van der Waals surface area contributed by atoms with E-state index in [0.29, 0.717) is 17.4 Å². The minimum atomic E-state index is -0.599. The lowest BCUT2D eigenvalue weighted by atomic mass is 9.90. The van der Waals surface area contributed by atoms with E-state index in [4.69, 9.17) is 17.3 Å². The van der Waals surface area contributed by atoms with Crippen LogP contribution in [-0.4, -0.2) is 40.9 Å². The van der Waals surface area contributed by atoms with E-state index >= 15 is 0 Å². The number of rotatable bonds is 4. The zero-order valence-corrected chi connectivity index (χ0v) is 13.1. The van der Waals surface area contributed by atoms with Crippen molar-refractivity contribution in [3.8, 4) is 0 Å². The van der Waals surface area contributed by atoms with Gasteiger partial charge in [0.2, 0.25) is 0 Å². The molecule has 1 amide bonds. The quantitative estimate of drug-likeness (QED) is 0.884. The van der Waals surface area contributed by atoms with E-state index in [1.54, 1.807) is 12.1 Å². The maximum atomic E-state index is 11.1. The predicted molar refractivity (Wildman–Crippen MR) is 87.5 cm³/mol. The first-order valence-corrected chi connectivity index (χ1v) is 7.71. The van der Waals surface area contributed by atoms with Crippen LogP contribution in [0.25, 0.3) is 0 Å². The van der Waals surface area contributed by atoms with E-state index in [2.05, 4.69) is 15.1 Å². The number of amides is 1. The van der Waals surface area contributed by atoms with Gasteiger partial charge in [0.25, 0.3) is 5.91 Å². The molecule has 0 bridgehead atoms. The second-order valence-electron chi connectivity index (χ2n) is 5.65. The number of carbonyl (C=O) groups excluding carboxylic acids is 1. The van der Waals surface area contributed by atoms with Crippen LogP contribution in [0.5, 0.6) is 0 Å². The summed E-state index contributed by atoms with van der Waals surface area (Å²) in [4.78, 5) is 13.1. The number of hydrogen-bond acceptors (Lipinski definition) is 5. The molecule has 2 heterocycles. The fourth-order valence-electron chi connectivity index (χ4n) is 2.96. The lowest BCUT2D eigenvalue weighted by Gasteiger charge is -2.17. The second kappa shape index (κ2) is 6.52. The topological polar surface area (TPSA) is 92.3 Å². The lowest BCUT2D eigenvalue weighted by Crippen LogP contribution is -2.23. The van der Waals surface area contributed by atoms with Crippen molar-refractivity contribution >= 4 is 23.3 Å². The molecule has 0 unspecified atom stereocenters. The molecule has 2 atom stereocenters. The molecule has 120 valence electrons. The SMILES string of the molecule is NC(=O)c1ccc(N2C[C@@H](CO)[C@H](c3ccc(Cl)cc3)C2)nn1. The summed E-state index contributed by atoms with van der Waals surface area (Å²) in [6.45, 7) is 1.49. The summed E-state index contributed by atoms with van der Waals surface area (Å²) in [5, 5.41) is 18.3. The maximum absolute atomic E-state index is 11.1. The number of halogens is 1. The summed E-state index contributed by atoms with van der Waals surface area (Å²) in [6, 6.07) is 11.0. The van der Waals surface area contributed by atoms with Crippen LogP contribution < -0.4 is 10.6 Å². The molecule has 1 aliphatic heterocycles. The van der Waals surface area contributed by atoms with Gasteiger partial charge in [0.05, 0.1) is 0 Å². The Labute approximate surface area is 138 Å². The van der Waals surface area contributed by atoms with Crippen molar-refractivity contribution in [3.63, 3.8) is 0 Å². The molecule has 1 fully saturated rings. The predicted octanol–water partition coefficient (Wildman–Crippen LogP) is 1.44. The smallest absolute Gasteiger partial charge is 0.269 e. The Kier molecular flexibility index (Phi) is 4.45. The molecule has 3 N–H and O–H groups in total. The molecule has 1 saturated heterocycles. The highest BCUT2D eigenvalue weighted by atomic mass is 35.5. The number of anilines is 1. The van der Waals surface area contributed by atoms with Crippen LogP contribution in [0.4, 0.5) is 5.82 Å². The van der Waals surface area contributed by atoms with Gasteiger partial charge in [-0.3, -0.25) is 4.79 Å². The van der Waals surface area contributed by atoms with Crippen LogP contribution in [0.15, 0.2) is 36.4 Å². The third kappa shape index (κ3) is 3.28. The average molecular weight is 333 g/mol. The standard InChI is InChI=1S/C16H17ClN4O2/c17-12-3-1-10(2-4-12)13-8-21(7-11(13)9-22)15-6-5-14(16(18)23)19-20-15/h1-6,11,13,22H,7-9H2,(H2,18,23)/t11-,13-/m0/s1. The number of nitrogens with two attached hydrogens (primary N) is 1. The average Bonchev–Trinajstić information content (AvgIpc) is 3.00. The highest BCUT2D eigenvalue weighted by Crippen LogP contribution is 2.34. The second-order valence-corrected chi connectivity index (χ2v) is 6.08. The molecule has 0 aliphatic carbocycles. The molecule has 2 aromatic rings. The Balaban J connectivity index is 1.80. The fraction of sp³-hybridized carbons (Fsp3) is 0.312. The van der Waals surface area contributed by atoms with E-state index in [0.717, 1.165) is 12.1 Å². The van der Waals surface area contributed by atoms with Gasteiger partial charge in [-0.25, -0.2) is 0 Å². The van der Waals surface area contributed by atoms with Crippen molar-refractivity contribution in [3.05, 3.63) is 52.7 Å². The van der Waals surface area contributed by atoms with Gasteiger partial charge in [0.1, 0.15) is 0 Å². The van der Waals surface area contributed by atoms with E-state index in [1.807, 2.05) is 24.3 Å². The first-order chi connectivity index (χ1) is 11.1. The molecule has 0 spiro atoms. The monoisotopic (exact) mass is 332 g/mol. The van der Waals surface area contributed by atoms with Crippen molar-refractivity contribution in [2.45, 2.75) is 5.92 Å². The number of aliphatic hydroxyl groups is 1. The molecule has 1 aromatic heterocycles. The molecule has 3 rings (SSSR count). The van der Waals surface area contributed by atoms with Crippen LogP contribution in [0.2, 0.25) is 5.02 Å². The number of aliphatic hydroxyl groups excluding tert-OH is 1. The van der Waals surface area contributed by atoms with E-state index < -0.39 is 5.91 Å². The van der Waals surface area contributed by atoms with Crippen molar-refractivity contribution in [2.75, 3.05) is 24.6 Å². The highest BCUT2D eigenvalue weighted by Gasteiger charge is 2.34. The Morgan fingerprint density at radius 2 is 1.96 bits per heavy atom. The largest absolute Gasteiger partial charge is 0.396 e. The zero-order valence-electron chi connectivity index (χ0n) is 12.4. The van der Waals surface area contributed by atoms with Crippen LogP contribution in [0, 0.1) is 5.92 Å². The third-order valence-corrected chi connectivity index (χ3v) is 4.45. The Morgan fingerprint density at radius 1 is 1.22 bits per heavy atom. The van der Waals surface area contributed by atoms with Gasteiger partial charge in [-0.15, -0.1) is 10.2 Å². The van der Waals surface area contributed by atoms with Crippen LogP contribution in [0.3, 0.4) is 0 Å². The first-order valence-electron chi connectivity index (χ1n) is 7.33. The van der Waals surface area contributed by atoms with Crippen LogP contribution in [0.1, 0.15) is 22.0 Å². The number of nitrogens with zero attached hydrogens (tertiary/aromatic N) is 3. The Hall–Kier alpha value is -2.18. The fourth-order valence-corrected chi connectivity index (χ4v) is 3.08. The number of primary amides is 1. The molecular weight excluding hydrogens is 316 g/mol. The van der Waals surface area contributed by atoms with Gasteiger partial charge in [0.15, 0.2) is 11.5 Å². The van der Waals surface area contributed by atoms with Crippen LogP contribution >= 0.6 is 11.6 Å². The third-order valence-electron chi connectivity index (χ3n) is 4.20. The molecule has 0 saturated carbocycles. The van der Waals surface area contributed by atoms with Crippen molar-refractivity contribution in [1.29, 1.82) is 0 Å². The molecule has 0 radical (unpaired) electrons. The van der Waals surface area contributed by atoms with Gasteiger partial charge >= 0.3 is 0 Å².